The van der Waals surface area contributed by atoms with Crippen LogP contribution in [-0.4, -0.2) is 21.6 Å². The van der Waals surface area contributed by atoms with E-state index < -0.39 is 0 Å². The van der Waals surface area contributed by atoms with E-state index in [9.17, 15) is 0 Å². The Morgan fingerprint density at radius 1 is 1.28 bits per heavy atom. The molecule has 0 atom stereocenters. The van der Waals surface area contributed by atoms with E-state index in [1.807, 2.05) is 13.0 Å². The maximum atomic E-state index is 5.80. The molecule has 2 aromatic rings. The molecule has 0 aliphatic carbocycles. The maximum Gasteiger partial charge on any atom is 0.238 e. The topological polar surface area (TPSA) is 73.9 Å². The first-order chi connectivity index (χ1) is 8.79. The monoisotopic (exact) mass is 262 g/mol. The van der Waals surface area contributed by atoms with Crippen molar-refractivity contribution in [1.29, 1.82) is 0 Å². The average Bonchev–Trinajstić information content (AvgIpc) is 2.40. The number of nitrogen functional groups attached to an aromatic ring is 1. The van der Waals surface area contributed by atoms with E-state index in [0.717, 1.165) is 16.5 Å². The van der Waals surface area contributed by atoms with E-state index >= 15 is 0 Å². The van der Waals surface area contributed by atoms with Crippen molar-refractivity contribution in [3.8, 4) is 5.88 Å². The van der Waals surface area contributed by atoms with Gasteiger partial charge in [-0.15, -0.1) is 0 Å². The van der Waals surface area contributed by atoms with Crippen molar-refractivity contribution in [3.63, 3.8) is 0 Å². The largest absolute Gasteiger partial charge is 0.476 e. The minimum absolute atomic E-state index is 0.478. The lowest BCUT2D eigenvalue weighted by atomic mass is 10.4. The molecule has 2 N–H and O–H groups in total. The normalized spacial score (nSPS) is 10.3. The van der Waals surface area contributed by atoms with Gasteiger partial charge in [-0.3, -0.25) is 4.98 Å². The first-order valence-corrected chi connectivity index (χ1v) is 6.44. The van der Waals surface area contributed by atoms with Crippen molar-refractivity contribution in [1.82, 2.24) is 15.0 Å². The highest BCUT2D eigenvalue weighted by Gasteiger charge is 2.06. The Labute approximate surface area is 110 Å². The maximum absolute atomic E-state index is 5.80. The third-order valence-electron chi connectivity index (χ3n) is 2.06. The molecule has 18 heavy (non-hydrogen) atoms. The molecule has 0 spiro atoms. The van der Waals surface area contributed by atoms with E-state index in [1.165, 1.54) is 11.8 Å². The SMILES string of the molecule is CCCOc1nc(Sc2cnccn2)ccc1N. The van der Waals surface area contributed by atoms with Gasteiger partial charge in [-0.1, -0.05) is 6.92 Å². The van der Waals surface area contributed by atoms with Crippen LogP contribution >= 0.6 is 11.8 Å². The van der Waals surface area contributed by atoms with Gasteiger partial charge in [-0.25, -0.2) is 9.97 Å². The Hall–Kier alpha value is -1.82. The smallest absolute Gasteiger partial charge is 0.238 e. The summed E-state index contributed by atoms with van der Waals surface area (Å²) >= 11 is 1.42. The fourth-order valence-electron chi connectivity index (χ4n) is 1.25. The standard InChI is InChI=1S/C12H14N4OS/c1-2-7-17-12-9(13)3-4-10(16-12)18-11-8-14-5-6-15-11/h3-6,8H,2,7,13H2,1H3. The molecule has 0 aliphatic rings. The van der Waals surface area contributed by atoms with Crippen LogP contribution in [0.3, 0.4) is 0 Å². The number of hydrogen-bond donors (Lipinski definition) is 1. The summed E-state index contributed by atoms with van der Waals surface area (Å²) in [6.07, 6.45) is 5.89. The Morgan fingerprint density at radius 2 is 2.17 bits per heavy atom. The lowest BCUT2D eigenvalue weighted by molar-refractivity contribution is 0.305. The van der Waals surface area contributed by atoms with Gasteiger partial charge < -0.3 is 10.5 Å². The van der Waals surface area contributed by atoms with Gasteiger partial charge in [0.1, 0.15) is 10.1 Å². The lowest BCUT2D eigenvalue weighted by Gasteiger charge is -2.08. The second-order valence-electron chi connectivity index (χ2n) is 3.54. The van der Waals surface area contributed by atoms with Crippen LogP contribution in [0.2, 0.25) is 0 Å². The van der Waals surface area contributed by atoms with Gasteiger partial charge in [0.15, 0.2) is 0 Å². The lowest BCUT2D eigenvalue weighted by Crippen LogP contribution is -2.01. The van der Waals surface area contributed by atoms with Crippen LogP contribution in [0, 0.1) is 0 Å². The molecule has 2 aromatic heterocycles. The van der Waals surface area contributed by atoms with E-state index in [-0.39, 0.29) is 0 Å². The first-order valence-electron chi connectivity index (χ1n) is 5.62. The molecule has 0 aliphatic heterocycles. The van der Waals surface area contributed by atoms with Gasteiger partial charge in [0.05, 0.1) is 18.5 Å². The Bertz CT molecular complexity index is 507. The number of ether oxygens (including phenoxy) is 1. The van der Waals surface area contributed by atoms with Crippen molar-refractivity contribution in [2.45, 2.75) is 23.4 Å². The number of rotatable bonds is 5. The Morgan fingerprint density at radius 3 is 2.89 bits per heavy atom. The molecule has 6 heteroatoms. The van der Waals surface area contributed by atoms with Crippen molar-refractivity contribution in [2.24, 2.45) is 0 Å². The number of aromatic nitrogens is 3. The van der Waals surface area contributed by atoms with Gasteiger partial charge in [-0.05, 0) is 30.3 Å². The third kappa shape index (κ3) is 3.33. The Balaban J connectivity index is 2.14. The summed E-state index contributed by atoms with van der Waals surface area (Å²) in [4.78, 5) is 12.5. The van der Waals surface area contributed by atoms with Crippen LogP contribution in [0.25, 0.3) is 0 Å². The zero-order valence-corrected chi connectivity index (χ0v) is 10.9. The summed E-state index contributed by atoms with van der Waals surface area (Å²) in [5.41, 5.74) is 6.35. The molecule has 2 rings (SSSR count). The second-order valence-corrected chi connectivity index (χ2v) is 4.58. The number of pyridine rings is 1. The zero-order valence-electron chi connectivity index (χ0n) is 10.0. The number of nitrogens with zero attached hydrogens (tertiary/aromatic N) is 3. The van der Waals surface area contributed by atoms with E-state index in [0.29, 0.717) is 18.2 Å². The van der Waals surface area contributed by atoms with Crippen LogP contribution in [-0.2, 0) is 0 Å². The fraction of sp³-hybridized carbons (Fsp3) is 0.250. The molecule has 0 bridgehead atoms. The molecule has 0 amide bonds. The number of anilines is 1. The predicted molar refractivity (Wildman–Crippen MR) is 70.6 cm³/mol. The van der Waals surface area contributed by atoms with E-state index in [4.69, 9.17) is 10.5 Å². The molecule has 0 saturated heterocycles. The van der Waals surface area contributed by atoms with Gasteiger partial charge in [0, 0.05) is 12.4 Å². The van der Waals surface area contributed by atoms with Crippen LogP contribution < -0.4 is 10.5 Å². The predicted octanol–water partition coefficient (Wildman–Crippen LogP) is 2.39. The molecule has 94 valence electrons. The number of hydrogen-bond acceptors (Lipinski definition) is 6. The summed E-state index contributed by atoms with van der Waals surface area (Å²) < 4.78 is 5.48. The molecule has 0 unspecified atom stereocenters. The molecule has 0 aromatic carbocycles. The molecule has 5 nitrogen and oxygen atoms in total. The van der Waals surface area contributed by atoms with E-state index in [1.54, 1.807) is 24.7 Å². The van der Waals surface area contributed by atoms with Gasteiger partial charge in [0.25, 0.3) is 0 Å². The van der Waals surface area contributed by atoms with Gasteiger partial charge in [0.2, 0.25) is 5.88 Å². The van der Waals surface area contributed by atoms with Crippen LogP contribution in [0.5, 0.6) is 5.88 Å². The highest BCUT2D eigenvalue weighted by molar-refractivity contribution is 7.99. The minimum Gasteiger partial charge on any atom is -0.476 e. The van der Waals surface area contributed by atoms with Crippen molar-refractivity contribution >= 4 is 17.4 Å². The molecular weight excluding hydrogens is 248 g/mol. The van der Waals surface area contributed by atoms with Crippen LogP contribution in [0.15, 0.2) is 40.8 Å². The molecule has 0 fully saturated rings. The second kappa shape index (κ2) is 6.20. The quantitative estimate of drug-likeness (QED) is 0.891. The fourth-order valence-corrected chi connectivity index (χ4v) is 1.96. The first kappa shape index (κ1) is 12.6. The zero-order chi connectivity index (χ0) is 12.8. The van der Waals surface area contributed by atoms with Gasteiger partial charge >= 0.3 is 0 Å². The summed E-state index contributed by atoms with van der Waals surface area (Å²) in [5.74, 6) is 0.478. The molecular formula is C12H14N4OS. The van der Waals surface area contributed by atoms with Crippen molar-refractivity contribution in [3.05, 3.63) is 30.7 Å². The van der Waals surface area contributed by atoms with Gasteiger partial charge in [-0.2, -0.15) is 0 Å². The summed E-state index contributed by atoms with van der Waals surface area (Å²) in [5, 5.41) is 1.58. The summed E-state index contributed by atoms with van der Waals surface area (Å²) in [6.45, 7) is 2.64. The average molecular weight is 262 g/mol. The van der Waals surface area contributed by atoms with Crippen molar-refractivity contribution < 1.29 is 4.74 Å². The van der Waals surface area contributed by atoms with E-state index in [2.05, 4.69) is 15.0 Å². The highest BCUT2D eigenvalue weighted by Crippen LogP contribution is 2.28. The minimum atomic E-state index is 0.478. The highest BCUT2D eigenvalue weighted by atomic mass is 32.2. The molecule has 0 radical (unpaired) electrons. The third-order valence-corrected chi connectivity index (χ3v) is 2.91. The van der Waals surface area contributed by atoms with Crippen LogP contribution in [0.4, 0.5) is 5.69 Å². The number of nitrogens with two attached hydrogens (primary N) is 1. The van der Waals surface area contributed by atoms with Crippen LogP contribution in [0.1, 0.15) is 13.3 Å². The molecule has 2 heterocycles. The van der Waals surface area contributed by atoms with Crippen molar-refractivity contribution in [2.75, 3.05) is 12.3 Å². The molecule has 0 saturated carbocycles. The Kier molecular flexibility index (Phi) is 4.35. The summed E-state index contributed by atoms with van der Waals surface area (Å²) in [6, 6.07) is 3.63. The summed E-state index contributed by atoms with van der Waals surface area (Å²) in [7, 11) is 0.